The minimum atomic E-state index is -0.655. The van der Waals surface area contributed by atoms with E-state index >= 15 is 0 Å². The number of carbonyl (C=O) groups excluding carboxylic acids is 2. The molecule has 7 heteroatoms. The quantitative estimate of drug-likeness (QED) is 0.245. The Kier molecular flexibility index (Phi) is 7.30. The topological polar surface area (TPSA) is 49.4 Å². The number of ketones is 1. The molecule has 1 aliphatic heterocycles. The highest BCUT2D eigenvalue weighted by Gasteiger charge is 2.42. The zero-order valence-electron chi connectivity index (χ0n) is 21.6. The molecule has 1 amide bonds. The SMILES string of the molecule is Cc1ccc(C2CC(=O)C3=C(C2)Nc2ccccc2N(C(=O)c2ccc(Cl)c(Cl)c2)C3c2cccc(Br)c2)cc1. The molecule has 2 atom stereocenters. The maximum Gasteiger partial charge on any atom is 0.259 e. The van der Waals surface area contributed by atoms with Crippen LogP contribution in [0.1, 0.15) is 51.8 Å². The molecule has 4 aromatic rings. The number of carbonyl (C=O) groups is 2. The molecule has 0 spiro atoms. The molecule has 0 saturated carbocycles. The normalized spacial score (nSPS) is 18.5. The van der Waals surface area contributed by atoms with Gasteiger partial charge >= 0.3 is 0 Å². The van der Waals surface area contributed by atoms with Crippen LogP contribution in [0.4, 0.5) is 11.4 Å². The third kappa shape index (κ3) is 4.98. The zero-order chi connectivity index (χ0) is 28.0. The number of fused-ring (bicyclic) bond motifs is 1. The van der Waals surface area contributed by atoms with E-state index in [0.717, 1.165) is 27.0 Å². The van der Waals surface area contributed by atoms with Crippen LogP contribution in [0, 0.1) is 6.92 Å². The van der Waals surface area contributed by atoms with Gasteiger partial charge in [0.15, 0.2) is 5.78 Å². The maximum atomic E-state index is 14.4. The Morgan fingerprint density at radius 3 is 2.40 bits per heavy atom. The van der Waals surface area contributed by atoms with Gasteiger partial charge in [-0.15, -0.1) is 0 Å². The van der Waals surface area contributed by atoms with Gasteiger partial charge in [0.2, 0.25) is 0 Å². The van der Waals surface area contributed by atoms with E-state index in [1.165, 1.54) is 5.56 Å². The monoisotopic (exact) mass is 630 g/mol. The molecule has 200 valence electrons. The highest BCUT2D eigenvalue weighted by atomic mass is 79.9. The fraction of sp³-hybridized carbons (Fsp3) is 0.152. The van der Waals surface area contributed by atoms with Crippen LogP contribution >= 0.6 is 39.1 Å². The molecule has 4 aromatic carbocycles. The fourth-order valence-corrected chi connectivity index (χ4v) is 6.36. The van der Waals surface area contributed by atoms with Crippen molar-refractivity contribution >= 4 is 62.2 Å². The summed E-state index contributed by atoms with van der Waals surface area (Å²) in [7, 11) is 0. The molecule has 6 rings (SSSR count). The van der Waals surface area contributed by atoms with Gasteiger partial charge < -0.3 is 5.32 Å². The molecule has 4 nitrogen and oxygen atoms in total. The van der Waals surface area contributed by atoms with Crippen molar-refractivity contribution in [2.24, 2.45) is 0 Å². The van der Waals surface area contributed by atoms with Crippen molar-refractivity contribution in [1.29, 1.82) is 0 Å². The van der Waals surface area contributed by atoms with E-state index in [4.69, 9.17) is 23.2 Å². The maximum absolute atomic E-state index is 14.4. The third-order valence-electron chi connectivity index (χ3n) is 7.59. The Morgan fingerprint density at radius 2 is 1.65 bits per heavy atom. The number of hydrogen-bond acceptors (Lipinski definition) is 3. The number of anilines is 2. The second kappa shape index (κ2) is 10.9. The number of aryl methyl sites for hydroxylation is 1. The minimum Gasteiger partial charge on any atom is -0.357 e. The lowest BCUT2D eigenvalue weighted by atomic mass is 9.78. The van der Waals surface area contributed by atoms with E-state index in [1.807, 2.05) is 48.5 Å². The summed E-state index contributed by atoms with van der Waals surface area (Å²) < 4.78 is 0.861. The number of amides is 1. The first kappa shape index (κ1) is 26.8. The lowest BCUT2D eigenvalue weighted by Gasteiger charge is -2.35. The summed E-state index contributed by atoms with van der Waals surface area (Å²) >= 11 is 16.1. The van der Waals surface area contributed by atoms with Gasteiger partial charge in [-0.05, 0) is 72.9 Å². The Morgan fingerprint density at radius 1 is 0.875 bits per heavy atom. The number of rotatable bonds is 3. The molecular formula is C33H25BrCl2N2O2. The second-order valence-corrected chi connectivity index (χ2v) is 12.0. The Bertz CT molecular complexity index is 1680. The molecule has 40 heavy (non-hydrogen) atoms. The molecule has 2 aliphatic rings. The van der Waals surface area contributed by atoms with Crippen LogP contribution in [0.15, 0.2) is 107 Å². The highest BCUT2D eigenvalue weighted by Crippen LogP contribution is 2.48. The van der Waals surface area contributed by atoms with Crippen LogP contribution in [0.3, 0.4) is 0 Å². The lowest BCUT2D eigenvalue weighted by Crippen LogP contribution is -2.38. The summed E-state index contributed by atoms with van der Waals surface area (Å²) in [4.78, 5) is 30.3. The molecule has 0 aromatic heterocycles. The third-order valence-corrected chi connectivity index (χ3v) is 8.82. The van der Waals surface area contributed by atoms with Gasteiger partial charge in [0, 0.05) is 27.7 Å². The molecule has 1 aliphatic carbocycles. The van der Waals surface area contributed by atoms with Crippen LogP contribution in [0.5, 0.6) is 0 Å². The second-order valence-electron chi connectivity index (χ2n) is 10.2. The number of Topliss-reactive ketones (excluding diaryl/α,β-unsaturated/α-hetero) is 1. The van der Waals surface area contributed by atoms with Crippen LogP contribution < -0.4 is 10.2 Å². The number of nitrogens with zero attached hydrogens (tertiary/aromatic N) is 1. The Balaban J connectivity index is 1.56. The number of nitrogens with one attached hydrogen (secondary N) is 1. The van der Waals surface area contributed by atoms with Gasteiger partial charge in [0.25, 0.3) is 5.91 Å². The summed E-state index contributed by atoms with van der Waals surface area (Å²) in [5, 5.41) is 4.24. The number of halogens is 3. The van der Waals surface area contributed by atoms with Crippen LogP contribution in [-0.4, -0.2) is 11.7 Å². The smallest absolute Gasteiger partial charge is 0.259 e. The van der Waals surface area contributed by atoms with Crippen LogP contribution in [-0.2, 0) is 4.79 Å². The van der Waals surface area contributed by atoms with E-state index in [-0.39, 0.29) is 17.6 Å². The van der Waals surface area contributed by atoms with E-state index < -0.39 is 6.04 Å². The Hall–Kier alpha value is -3.38. The summed E-state index contributed by atoms with van der Waals surface area (Å²) in [6.07, 6.45) is 1.01. The summed E-state index contributed by atoms with van der Waals surface area (Å²) in [6, 6.07) is 28.1. The first-order valence-corrected chi connectivity index (χ1v) is 14.6. The molecule has 0 bridgehead atoms. The van der Waals surface area contributed by atoms with Gasteiger partial charge in [0.1, 0.15) is 0 Å². The van der Waals surface area contributed by atoms with E-state index in [9.17, 15) is 9.59 Å². The Labute approximate surface area is 251 Å². The summed E-state index contributed by atoms with van der Waals surface area (Å²) in [5.74, 6) is -0.226. The average Bonchev–Trinajstić information content (AvgIpc) is 3.09. The lowest BCUT2D eigenvalue weighted by molar-refractivity contribution is -0.116. The van der Waals surface area contributed by atoms with Crippen molar-refractivity contribution in [3.8, 4) is 0 Å². The first-order chi connectivity index (χ1) is 19.3. The van der Waals surface area contributed by atoms with E-state index in [1.54, 1.807) is 23.1 Å². The molecule has 1 N–H and O–H groups in total. The van der Waals surface area contributed by atoms with Gasteiger partial charge in [-0.1, -0.05) is 93.2 Å². The number of allylic oxidation sites excluding steroid dienone is 1. The molecule has 1 heterocycles. The van der Waals surface area contributed by atoms with Crippen molar-refractivity contribution in [3.05, 3.63) is 139 Å². The van der Waals surface area contributed by atoms with Gasteiger partial charge in [-0.3, -0.25) is 14.5 Å². The first-order valence-electron chi connectivity index (χ1n) is 13.0. The van der Waals surface area contributed by atoms with Gasteiger partial charge in [-0.25, -0.2) is 0 Å². The van der Waals surface area contributed by atoms with Crippen molar-refractivity contribution in [3.63, 3.8) is 0 Å². The largest absolute Gasteiger partial charge is 0.357 e. The van der Waals surface area contributed by atoms with Gasteiger partial charge in [-0.2, -0.15) is 0 Å². The van der Waals surface area contributed by atoms with Crippen molar-refractivity contribution in [2.75, 3.05) is 10.2 Å². The zero-order valence-corrected chi connectivity index (χ0v) is 24.7. The van der Waals surface area contributed by atoms with Gasteiger partial charge in [0.05, 0.1) is 27.5 Å². The summed E-state index contributed by atoms with van der Waals surface area (Å²) in [5.41, 5.74) is 6.40. The van der Waals surface area contributed by atoms with E-state index in [2.05, 4.69) is 52.4 Å². The molecule has 0 radical (unpaired) electrons. The fourth-order valence-electron chi connectivity index (χ4n) is 5.65. The van der Waals surface area contributed by atoms with Crippen LogP contribution in [0.2, 0.25) is 10.0 Å². The van der Waals surface area contributed by atoms with Crippen molar-refractivity contribution in [1.82, 2.24) is 0 Å². The molecule has 2 unspecified atom stereocenters. The number of hydrogen-bond donors (Lipinski definition) is 1. The van der Waals surface area contributed by atoms with Crippen molar-refractivity contribution in [2.45, 2.75) is 31.7 Å². The van der Waals surface area contributed by atoms with E-state index in [0.29, 0.717) is 39.7 Å². The number of benzene rings is 4. The highest BCUT2D eigenvalue weighted by molar-refractivity contribution is 9.10. The minimum absolute atomic E-state index is 0.0176. The predicted molar refractivity (Wildman–Crippen MR) is 165 cm³/mol. The molecule has 0 fully saturated rings. The molecule has 0 saturated heterocycles. The average molecular weight is 632 g/mol. The summed E-state index contributed by atoms with van der Waals surface area (Å²) in [6.45, 7) is 2.06. The van der Waals surface area contributed by atoms with Crippen molar-refractivity contribution < 1.29 is 9.59 Å². The predicted octanol–water partition coefficient (Wildman–Crippen LogP) is 9.28. The standard InChI is InChI=1S/C33H25BrCl2N2O2/c1-19-9-11-20(12-10-19)23-17-28-31(30(39)18-23)32(21-5-4-6-24(34)15-21)38(29-8-3-2-7-27(29)37-28)33(40)22-13-14-25(35)26(36)16-22/h2-16,23,32,37H,17-18H2,1H3. The number of para-hydroxylation sites is 2. The van der Waals surface area contributed by atoms with Crippen LogP contribution in [0.25, 0.3) is 0 Å². The molecular weight excluding hydrogens is 607 g/mol.